The van der Waals surface area contributed by atoms with Gasteiger partial charge >= 0.3 is 12.1 Å². The van der Waals surface area contributed by atoms with E-state index in [1.54, 1.807) is 0 Å². The highest BCUT2D eigenvalue weighted by Gasteiger charge is 2.15. The normalized spacial score (nSPS) is 11.2. The number of unbranched alkanes of at least 4 members (excludes halogenated alkanes) is 1. The van der Waals surface area contributed by atoms with E-state index in [1.165, 1.54) is 0 Å². The van der Waals surface area contributed by atoms with E-state index in [0.29, 0.717) is 19.4 Å². The van der Waals surface area contributed by atoms with E-state index in [2.05, 4.69) is 5.32 Å². The highest BCUT2D eigenvalue weighted by molar-refractivity contribution is 5.69. The lowest BCUT2D eigenvalue weighted by molar-refractivity contribution is -0.147. The second-order valence-corrected chi connectivity index (χ2v) is 5.42. The Bertz CT molecular complexity index is 269. The van der Waals surface area contributed by atoms with Crippen molar-refractivity contribution in [2.75, 3.05) is 6.54 Å². The number of esters is 1. The topological polar surface area (TPSA) is 64.6 Å². The second-order valence-electron chi connectivity index (χ2n) is 5.42. The molecular weight excluding hydrogens is 234 g/mol. The van der Waals surface area contributed by atoms with Gasteiger partial charge in [0.05, 0.1) is 6.10 Å². The Hall–Kier alpha value is -1.26. The fraction of sp³-hybridized carbons (Fsp3) is 0.846. The molecule has 1 amide bonds. The summed E-state index contributed by atoms with van der Waals surface area (Å²) in [6, 6.07) is 0. The summed E-state index contributed by atoms with van der Waals surface area (Å²) in [5, 5.41) is 2.64. The first-order valence-corrected chi connectivity index (χ1v) is 6.37. The number of rotatable bonds is 6. The number of ether oxygens (including phenoxy) is 2. The fourth-order valence-corrected chi connectivity index (χ4v) is 1.22. The van der Waals surface area contributed by atoms with Crippen molar-refractivity contribution in [1.82, 2.24) is 5.32 Å². The van der Waals surface area contributed by atoms with Gasteiger partial charge in [0.25, 0.3) is 0 Å². The summed E-state index contributed by atoms with van der Waals surface area (Å²) < 4.78 is 10.1. The minimum Gasteiger partial charge on any atom is -0.463 e. The van der Waals surface area contributed by atoms with Crippen LogP contribution in [0.4, 0.5) is 4.79 Å². The standard InChI is InChI=1S/C13H25NO4/c1-10(2)17-11(15)8-6-7-9-14-12(16)18-13(3,4)5/h10H,6-9H2,1-5H3,(H,14,16). The summed E-state index contributed by atoms with van der Waals surface area (Å²) in [4.78, 5) is 22.5. The predicted molar refractivity (Wildman–Crippen MR) is 69.3 cm³/mol. The van der Waals surface area contributed by atoms with Crippen LogP contribution >= 0.6 is 0 Å². The largest absolute Gasteiger partial charge is 0.463 e. The smallest absolute Gasteiger partial charge is 0.407 e. The molecule has 0 saturated carbocycles. The van der Waals surface area contributed by atoms with Gasteiger partial charge in [-0.3, -0.25) is 4.79 Å². The Morgan fingerprint density at radius 3 is 2.28 bits per heavy atom. The zero-order valence-electron chi connectivity index (χ0n) is 12.0. The van der Waals surface area contributed by atoms with E-state index in [-0.39, 0.29) is 12.1 Å². The molecule has 0 aromatic carbocycles. The highest BCUT2D eigenvalue weighted by atomic mass is 16.6. The molecule has 0 unspecified atom stereocenters. The third-order valence-electron chi connectivity index (χ3n) is 1.84. The van der Waals surface area contributed by atoms with Crippen molar-refractivity contribution in [3.63, 3.8) is 0 Å². The van der Waals surface area contributed by atoms with Gasteiger partial charge in [-0.05, 0) is 47.5 Å². The second kappa shape index (κ2) is 7.95. The molecule has 1 N–H and O–H groups in total. The van der Waals surface area contributed by atoms with Crippen molar-refractivity contribution in [2.24, 2.45) is 0 Å². The van der Waals surface area contributed by atoms with Crippen LogP contribution in [0.3, 0.4) is 0 Å². The van der Waals surface area contributed by atoms with Crippen LogP contribution in [0.15, 0.2) is 0 Å². The maximum absolute atomic E-state index is 11.3. The Morgan fingerprint density at radius 1 is 1.17 bits per heavy atom. The summed E-state index contributed by atoms with van der Waals surface area (Å²) in [5.74, 6) is -0.192. The van der Waals surface area contributed by atoms with Crippen LogP contribution in [0.1, 0.15) is 53.9 Å². The lowest BCUT2D eigenvalue weighted by atomic mass is 10.2. The first-order valence-electron chi connectivity index (χ1n) is 6.37. The molecule has 0 aliphatic rings. The quantitative estimate of drug-likeness (QED) is 0.588. The number of nitrogens with one attached hydrogen (secondary N) is 1. The van der Waals surface area contributed by atoms with E-state index < -0.39 is 11.7 Å². The molecule has 0 spiro atoms. The van der Waals surface area contributed by atoms with Gasteiger partial charge in [-0.2, -0.15) is 0 Å². The van der Waals surface area contributed by atoms with Crippen molar-refractivity contribution in [3.8, 4) is 0 Å². The molecule has 0 aromatic rings. The zero-order chi connectivity index (χ0) is 14.2. The Kier molecular flexibility index (Phi) is 7.39. The van der Waals surface area contributed by atoms with E-state index in [4.69, 9.17) is 9.47 Å². The number of hydrogen-bond donors (Lipinski definition) is 1. The average molecular weight is 259 g/mol. The SMILES string of the molecule is CC(C)OC(=O)CCCCNC(=O)OC(C)(C)C. The van der Waals surface area contributed by atoms with Crippen molar-refractivity contribution >= 4 is 12.1 Å². The first kappa shape index (κ1) is 16.7. The van der Waals surface area contributed by atoms with Gasteiger partial charge in [-0.1, -0.05) is 0 Å². The molecule has 0 atom stereocenters. The Morgan fingerprint density at radius 2 is 1.78 bits per heavy atom. The van der Waals surface area contributed by atoms with Gasteiger partial charge in [0, 0.05) is 13.0 Å². The van der Waals surface area contributed by atoms with Gasteiger partial charge in [0.2, 0.25) is 0 Å². The summed E-state index contributed by atoms with van der Waals surface area (Å²) >= 11 is 0. The van der Waals surface area contributed by atoms with Crippen LogP contribution < -0.4 is 5.32 Å². The molecule has 0 aliphatic carbocycles. The highest BCUT2D eigenvalue weighted by Crippen LogP contribution is 2.06. The Labute approximate surface area is 109 Å². The van der Waals surface area contributed by atoms with Gasteiger partial charge in [0.15, 0.2) is 0 Å². The molecule has 0 fully saturated rings. The molecule has 5 heteroatoms. The number of alkyl carbamates (subject to hydrolysis) is 1. The maximum atomic E-state index is 11.3. The summed E-state index contributed by atoms with van der Waals surface area (Å²) in [5.41, 5.74) is -0.481. The van der Waals surface area contributed by atoms with E-state index in [1.807, 2.05) is 34.6 Å². The fourth-order valence-electron chi connectivity index (χ4n) is 1.22. The average Bonchev–Trinajstić information content (AvgIpc) is 2.12. The number of hydrogen-bond acceptors (Lipinski definition) is 4. The molecule has 106 valence electrons. The molecule has 0 radical (unpaired) electrons. The van der Waals surface area contributed by atoms with Crippen molar-refractivity contribution in [1.29, 1.82) is 0 Å². The van der Waals surface area contributed by atoms with Crippen LogP contribution in [0.2, 0.25) is 0 Å². The van der Waals surface area contributed by atoms with Crippen molar-refractivity contribution in [2.45, 2.75) is 65.6 Å². The van der Waals surface area contributed by atoms with Crippen molar-refractivity contribution in [3.05, 3.63) is 0 Å². The number of carbonyl (C=O) groups is 2. The van der Waals surface area contributed by atoms with Crippen LogP contribution in [0.5, 0.6) is 0 Å². The van der Waals surface area contributed by atoms with Gasteiger partial charge in [-0.25, -0.2) is 4.79 Å². The minimum absolute atomic E-state index is 0.0719. The lowest BCUT2D eigenvalue weighted by Gasteiger charge is -2.19. The van der Waals surface area contributed by atoms with Crippen LogP contribution in [-0.4, -0.2) is 30.3 Å². The molecule has 0 heterocycles. The molecule has 0 aliphatic heterocycles. The van der Waals surface area contributed by atoms with Gasteiger partial charge in [0.1, 0.15) is 5.60 Å². The summed E-state index contributed by atoms with van der Waals surface area (Å²) in [7, 11) is 0. The summed E-state index contributed by atoms with van der Waals surface area (Å²) in [6.07, 6.45) is 1.31. The number of carbonyl (C=O) groups excluding carboxylic acids is 2. The third kappa shape index (κ3) is 11.2. The molecule has 0 rings (SSSR count). The van der Waals surface area contributed by atoms with E-state index in [9.17, 15) is 9.59 Å². The molecule has 0 bridgehead atoms. The molecular formula is C13H25NO4. The maximum Gasteiger partial charge on any atom is 0.407 e. The molecule has 18 heavy (non-hydrogen) atoms. The summed E-state index contributed by atoms with van der Waals surface area (Å²) in [6.45, 7) is 9.59. The molecule has 0 aromatic heterocycles. The first-order chi connectivity index (χ1) is 8.20. The van der Waals surface area contributed by atoms with Gasteiger partial charge in [-0.15, -0.1) is 0 Å². The third-order valence-corrected chi connectivity index (χ3v) is 1.84. The van der Waals surface area contributed by atoms with E-state index >= 15 is 0 Å². The van der Waals surface area contributed by atoms with Crippen LogP contribution in [0.25, 0.3) is 0 Å². The number of amides is 1. The minimum atomic E-state index is -0.481. The zero-order valence-corrected chi connectivity index (χ0v) is 12.0. The Balaban J connectivity index is 3.51. The lowest BCUT2D eigenvalue weighted by Crippen LogP contribution is -2.33. The van der Waals surface area contributed by atoms with Crippen LogP contribution in [0, 0.1) is 0 Å². The predicted octanol–water partition coefficient (Wildman–Crippen LogP) is 2.63. The molecule has 5 nitrogen and oxygen atoms in total. The van der Waals surface area contributed by atoms with Crippen molar-refractivity contribution < 1.29 is 19.1 Å². The van der Waals surface area contributed by atoms with Gasteiger partial charge < -0.3 is 14.8 Å². The van der Waals surface area contributed by atoms with E-state index in [0.717, 1.165) is 6.42 Å². The molecule has 0 saturated heterocycles. The van der Waals surface area contributed by atoms with Crippen LogP contribution in [-0.2, 0) is 14.3 Å². The monoisotopic (exact) mass is 259 g/mol.